The average molecular weight is 390 g/mol. The van der Waals surface area contributed by atoms with Gasteiger partial charge in [-0.2, -0.15) is 23.4 Å². The summed E-state index contributed by atoms with van der Waals surface area (Å²) in [7, 11) is 0. The fourth-order valence-corrected chi connectivity index (χ4v) is 2.96. The smallest absolute Gasteiger partial charge is 0.425 e. The van der Waals surface area contributed by atoms with Crippen molar-refractivity contribution in [3.63, 3.8) is 0 Å². The first-order valence-corrected chi connectivity index (χ1v) is 8.61. The Morgan fingerprint density at radius 2 is 1.85 bits per heavy atom. The van der Waals surface area contributed by atoms with E-state index < -0.39 is 11.1 Å². The fourth-order valence-electron chi connectivity index (χ4n) is 2.23. The van der Waals surface area contributed by atoms with Crippen LogP contribution in [0.4, 0.5) is 13.2 Å². The second-order valence-corrected chi connectivity index (χ2v) is 6.62. The molecule has 0 radical (unpaired) electrons. The van der Waals surface area contributed by atoms with E-state index in [4.69, 9.17) is 14.7 Å². The van der Waals surface area contributed by atoms with Crippen molar-refractivity contribution in [2.75, 3.05) is 0 Å². The minimum Gasteiger partial charge on any atom is -0.473 e. The Morgan fingerprint density at radius 1 is 1.11 bits per heavy atom. The predicted octanol–water partition coefficient (Wildman–Crippen LogP) is 5.71. The SMILES string of the molecule is Cc1ccccc1COc1cc(C#N)cc(Oc2ccc(C(F)(F)F)s2)n1. The Kier molecular flexibility index (Phi) is 5.33. The maximum Gasteiger partial charge on any atom is 0.425 e. The number of ether oxygens (including phenoxy) is 2. The molecule has 0 saturated carbocycles. The van der Waals surface area contributed by atoms with Crippen LogP contribution in [0.5, 0.6) is 16.8 Å². The lowest BCUT2D eigenvalue weighted by Gasteiger charge is -2.10. The highest BCUT2D eigenvalue weighted by Crippen LogP contribution is 2.39. The van der Waals surface area contributed by atoms with Gasteiger partial charge in [0.05, 0.1) is 11.6 Å². The molecule has 4 nitrogen and oxygen atoms in total. The molecule has 0 N–H and O–H groups in total. The summed E-state index contributed by atoms with van der Waals surface area (Å²) >= 11 is 0.455. The molecule has 138 valence electrons. The van der Waals surface area contributed by atoms with E-state index in [-0.39, 0.29) is 29.0 Å². The molecule has 0 amide bonds. The van der Waals surface area contributed by atoms with Crippen molar-refractivity contribution in [1.82, 2.24) is 4.98 Å². The van der Waals surface area contributed by atoms with E-state index in [1.807, 2.05) is 37.3 Å². The summed E-state index contributed by atoms with van der Waals surface area (Å²) < 4.78 is 49.1. The zero-order valence-corrected chi connectivity index (χ0v) is 14.9. The van der Waals surface area contributed by atoms with Crippen LogP contribution in [0.15, 0.2) is 48.5 Å². The summed E-state index contributed by atoms with van der Waals surface area (Å²) in [4.78, 5) is 3.35. The number of aromatic nitrogens is 1. The molecule has 0 bridgehead atoms. The number of hydrogen-bond donors (Lipinski definition) is 0. The maximum absolute atomic E-state index is 12.7. The summed E-state index contributed by atoms with van der Waals surface area (Å²) in [6, 6.07) is 14.5. The molecule has 0 atom stereocenters. The van der Waals surface area contributed by atoms with Gasteiger partial charge in [-0.15, -0.1) is 0 Å². The number of halogens is 3. The van der Waals surface area contributed by atoms with Crippen LogP contribution in [0, 0.1) is 18.3 Å². The van der Waals surface area contributed by atoms with Gasteiger partial charge in [0.15, 0.2) is 5.06 Å². The van der Waals surface area contributed by atoms with Gasteiger partial charge in [-0.1, -0.05) is 35.6 Å². The van der Waals surface area contributed by atoms with Crippen LogP contribution in [0.25, 0.3) is 0 Å². The van der Waals surface area contributed by atoms with Crippen molar-refractivity contribution in [3.8, 4) is 22.9 Å². The molecule has 0 aliphatic heterocycles. The standard InChI is InChI=1S/C19H13F3N2O2S/c1-12-4-2-3-5-14(12)11-25-16-8-13(10-23)9-17(24-16)26-18-7-6-15(27-18)19(20,21)22/h2-9H,11H2,1H3. The van der Waals surface area contributed by atoms with Crippen LogP contribution in [-0.2, 0) is 12.8 Å². The Hall–Kier alpha value is -3.05. The molecule has 3 aromatic rings. The first kappa shape index (κ1) is 18.7. The molecule has 0 aliphatic carbocycles. The quantitative estimate of drug-likeness (QED) is 0.560. The molecule has 3 rings (SSSR count). The number of rotatable bonds is 5. The number of nitrogens with zero attached hydrogens (tertiary/aromatic N) is 2. The zero-order valence-electron chi connectivity index (χ0n) is 14.1. The lowest BCUT2D eigenvalue weighted by atomic mass is 10.1. The predicted molar refractivity (Wildman–Crippen MR) is 93.9 cm³/mol. The van der Waals surface area contributed by atoms with Gasteiger partial charge in [-0.3, -0.25) is 0 Å². The third-order valence-electron chi connectivity index (χ3n) is 3.61. The second-order valence-electron chi connectivity index (χ2n) is 5.58. The highest BCUT2D eigenvalue weighted by molar-refractivity contribution is 7.13. The summed E-state index contributed by atoms with van der Waals surface area (Å²) in [5.41, 5.74) is 2.23. The molecular weight excluding hydrogens is 377 g/mol. The van der Waals surface area contributed by atoms with Crippen LogP contribution in [0.1, 0.15) is 21.6 Å². The van der Waals surface area contributed by atoms with Crippen molar-refractivity contribution in [1.29, 1.82) is 5.26 Å². The number of hydrogen-bond acceptors (Lipinski definition) is 5. The van der Waals surface area contributed by atoms with Gasteiger partial charge >= 0.3 is 6.18 Å². The summed E-state index contributed by atoms with van der Waals surface area (Å²) in [5.74, 6) is 0.143. The molecule has 0 fully saturated rings. The Morgan fingerprint density at radius 3 is 2.52 bits per heavy atom. The lowest BCUT2D eigenvalue weighted by molar-refractivity contribution is -0.134. The third kappa shape index (κ3) is 4.77. The second kappa shape index (κ2) is 7.68. The van der Waals surface area contributed by atoms with Crippen LogP contribution in [0.2, 0.25) is 0 Å². The van der Waals surface area contributed by atoms with E-state index in [0.717, 1.165) is 17.2 Å². The van der Waals surface area contributed by atoms with Gasteiger partial charge in [0.1, 0.15) is 11.5 Å². The van der Waals surface area contributed by atoms with E-state index in [9.17, 15) is 13.2 Å². The van der Waals surface area contributed by atoms with Gasteiger partial charge in [0.2, 0.25) is 11.8 Å². The summed E-state index contributed by atoms with van der Waals surface area (Å²) in [6.45, 7) is 2.19. The normalized spacial score (nSPS) is 11.1. The van der Waals surface area contributed by atoms with Gasteiger partial charge < -0.3 is 9.47 Å². The van der Waals surface area contributed by atoms with E-state index in [1.54, 1.807) is 0 Å². The number of pyridine rings is 1. The Labute approximate surface area is 157 Å². The molecule has 8 heteroatoms. The monoisotopic (exact) mass is 390 g/mol. The lowest BCUT2D eigenvalue weighted by Crippen LogP contribution is -2.01. The number of nitriles is 1. The molecule has 1 aromatic carbocycles. The number of alkyl halides is 3. The molecule has 27 heavy (non-hydrogen) atoms. The minimum atomic E-state index is -4.43. The van der Waals surface area contributed by atoms with Crippen LogP contribution < -0.4 is 9.47 Å². The number of benzene rings is 1. The number of thiophene rings is 1. The van der Waals surface area contributed by atoms with E-state index >= 15 is 0 Å². The van der Waals surface area contributed by atoms with Crippen LogP contribution >= 0.6 is 11.3 Å². The van der Waals surface area contributed by atoms with Gasteiger partial charge in [-0.25, -0.2) is 0 Å². The summed E-state index contributed by atoms with van der Waals surface area (Å²) in [6.07, 6.45) is -4.43. The van der Waals surface area contributed by atoms with E-state index in [0.29, 0.717) is 11.3 Å². The van der Waals surface area contributed by atoms with E-state index in [1.165, 1.54) is 18.2 Å². The first-order chi connectivity index (χ1) is 12.8. The third-order valence-corrected chi connectivity index (χ3v) is 4.62. The Balaban J connectivity index is 1.78. The minimum absolute atomic E-state index is 0.00981. The summed E-state index contributed by atoms with van der Waals surface area (Å²) in [5, 5.41) is 9.18. The topological polar surface area (TPSA) is 55.1 Å². The zero-order chi connectivity index (χ0) is 19.4. The highest BCUT2D eigenvalue weighted by Gasteiger charge is 2.32. The molecule has 0 aliphatic rings. The first-order valence-electron chi connectivity index (χ1n) is 7.79. The van der Waals surface area contributed by atoms with Crippen molar-refractivity contribution >= 4 is 11.3 Å². The van der Waals surface area contributed by atoms with Crippen LogP contribution in [0.3, 0.4) is 0 Å². The fraction of sp³-hybridized carbons (Fsp3) is 0.158. The van der Waals surface area contributed by atoms with Crippen molar-refractivity contribution in [2.45, 2.75) is 19.7 Å². The molecule has 0 unspecified atom stereocenters. The maximum atomic E-state index is 12.7. The molecule has 0 spiro atoms. The van der Waals surface area contributed by atoms with Crippen molar-refractivity contribution in [2.24, 2.45) is 0 Å². The molecule has 2 aromatic heterocycles. The van der Waals surface area contributed by atoms with Crippen molar-refractivity contribution < 1.29 is 22.6 Å². The average Bonchev–Trinajstić information content (AvgIpc) is 3.10. The molecule has 2 heterocycles. The number of aryl methyl sites for hydroxylation is 1. The van der Waals surface area contributed by atoms with Crippen LogP contribution in [-0.4, -0.2) is 4.98 Å². The molecular formula is C19H13F3N2O2S. The molecule has 0 saturated heterocycles. The van der Waals surface area contributed by atoms with Gasteiger partial charge in [0, 0.05) is 12.1 Å². The van der Waals surface area contributed by atoms with Gasteiger partial charge in [0.25, 0.3) is 0 Å². The van der Waals surface area contributed by atoms with Crippen molar-refractivity contribution in [3.05, 3.63) is 70.1 Å². The van der Waals surface area contributed by atoms with E-state index in [2.05, 4.69) is 4.98 Å². The van der Waals surface area contributed by atoms with Gasteiger partial charge in [-0.05, 0) is 30.2 Å². The Bertz CT molecular complexity index is 993. The highest BCUT2D eigenvalue weighted by atomic mass is 32.1. The largest absolute Gasteiger partial charge is 0.473 e.